The van der Waals surface area contributed by atoms with Gasteiger partial charge in [-0.2, -0.15) is 0 Å². The van der Waals surface area contributed by atoms with Crippen molar-refractivity contribution in [1.29, 1.82) is 0 Å². The third-order valence-electron chi connectivity index (χ3n) is 2.82. The molecule has 2 rings (SSSR count). The number of halogens is 1. The molecule has 1 aromatic carbocycles. The molecule has 1 aromatic heterocycles. The van der Waals surface area contributed by atoms with Crippen LogP contribution in [0.1, 0.15) is 18.2 Å². The molecule has 2 aromatic rings. The average molecular weight is 322 g/mol. The highest BCUT2D eigenvalue weighted by molar-refractivity contribution is 9.10. The lowest BCUT2D eigenvalue weighted by molar-refractivity contribution is 1.02. The van der Waals surface area contributed by atoms with Crippen LogP contribution in [0.3, 0.4) is 0 Å². The van der Waals surface area contributed by atoms with E-state index in [1.165, 1.54) is 20.9 Å². The first-order valence-corrected chi connectivity index (χ1v) is 7.59. The van der Waals surface area contributed by atoms with Crippen molar-refractivity contribution in [2.75, 3.05) is 6.54 Å². The van der Waals surface area contributed by atoms with Crippen molar-refractivity contribution in [2.24, 2.45) is 5.73 Å². The normalized spacial score (nSPS) is 11.8. The van der Waals surface area contributed by atoms with Gasteiger partial charge in [0.05, 0.1) is 0 Å². The van der Waals surface area contributed by atoms with Crippen LogP contribution < -0.4 is 5.73 Å². The maximum absolute atomic E-state index is 5.70. The van der Waals surface area contributed by atoms with Crippen LogP contribution >= 0.6 is 27.3 Å². The van der Waals surface area contributed by atoms with E-state index in [-0.39, 0.29) is 0 Å². The van der Waals surface area contributed by atoms with E-state index in [2.05, 4.69) is 65.3 Å². The number of rotatable bonds is 4. The van der Waals surface area contributed by atoms with Crippen LogP contribution in [-0.4, -0.2) is 6.54 Å². The lowest BCUT2D eigenvalue weighted by Gasteiger charge is -1.98. The van der Waals surface area contributed by atoms with E-state index in [4.69, 9.17) is 5.73 Å². The summed E-state index contributed by atoms with van der Waals surface area (Å²) in [5, 5.41) is 0. The lowest BCUT2D eigenvalue weighted by atomic mass is 10.2. The molecule has 94 valence electrons. The summed E-state index contributed by atoms with van der Waals surface area (Å²) >= 11 is 5.26. The van der Waals surface area contributed by atoms with Crippen molar-refractivity contribution in [1.82, 2.24) is 0 Å². The molecule has 18 heavy (non-hydrogen) atoms. The molecule has 0 saturated heterocycles. The zero-order valence-electron chi connectivity index (χ0n) is 10.3. The Hall–Kier alpha value is -0.900. The highest BCUT2D eigenvalue weighted by Gasteiger charge is 2.02. The Morgan fingerprint density at radius 3 is 2.56 bits per heavy atom. The van der Waals surface area contributed by atoms with Gasteiger partial charge in [-0.05, 0) is 42.3 Å². The Kier molecular flexibility index (Phi) is 4.75. The second-order valence-corrected chi connectivity index (χ2v) is 6.10. The Labute approximate surface area is 120 Å². The third-order valence-corrected chi connectivity index (χ3v) is 4.43. The predicted molar refractivity (Wildman–Crippen MR) is 84.8 cm³/mol. The second-order valence-electron chi connectivity index (χ2n) is 4.07. The van der Waals surface area contributed by atoms with Crippen LogP contribution in [-0.2, 0) is 0 Å². The number of nitrogens with two attached hydrogens (primary N) is 1. The first kappa shape index (κ1) is 13.5. The molecule has 2 N–H and O–H groups in total. The smallest absolute Gasteiger partial charge is 0.0349 e. The summed E-state index contributed by atoms with van der Waals surface area (Å²) in [4.78, 5) is 2.57. The van der Waals surface area contributed by atoms with E-state index in [0.717, 1.165) is 10.9 Å². The SMILES string of the molecule is CCC(=Cc1ccc(-c2ccc(Br)cc2)s1)CN. The maximum atomic E-state index is 5.70. The predicted octanol–water partition coefficient (Wildman–Crippen LogP) is 4.93. The van der Waals surface area contributed by atoms with E-state index in [0.29, 0.717) is 6.54 Å². The fourth-order valence-electron chi connectivity index (χ4n) is 1.71. The van der Waals surface area contributed by atoms with Crippen LogP contribution in [0.2, 0.25) is 0 Å². The Morgan fingerprint density at radius 2 is 1.94 bits per heavy atom. The Morgan fingerprint density at radius 1 is 1.22 bits per heavy atom. The number of benzene rings is 1. The molecule has 0 aliphatic carbocycles. The van der Waals surface area contributed by atoms with Gasteiger partial charge in [0, 0.05) is 20.8 Å². The van der Waals surface area contributed by atoms with Gasteiger partial charge in [-0.25, -0.2) is 0 Å². The van der Waals surface area contributed by atoms with Crippen LogP contribution in [0.15, 0.2) is 46.4 Å². The molecule has 0 saturated carbocycles. The summed E-state index contributed by atoms with van der Waals surface area (Å²) in [7, 11) is 0. The molecule has 0 spiro atoms. The second kappa shape index (κ2) is 6.32. The van der Waals surface area contributed by atoms with Crippen molar-refractivity contribution in [3.63, 3.8) is 0 Å². The summed E-state index contributed by atoms with van der Waals surface area (Å²) in [6, 6.07) is 12.7. The molecule has 0 aliphatic rings. The molecule has 0 radical (unpaired) electrons. The highest BCUT2D eigenvalue weighted by atomic mass is 79.9. The van der Waals surface area contributed by atoms with Crippen molar-refractivity contribution in [2.45, 2.75) is 13.3 Å². The molecule has 0 amide bonds. The van der Waals surface area contributed by atoms with Gasteiger partial charge in [0.25, 0.3) is 0 Å². The van der Waals surface area contributed by atoms with E-state index in [9.17, 15) is 0 Å². The maximum Gasteiger partial charge on any atom is 0.0349 e. The number of hydrogen-bond acceptors (Lipinski definition) is 2. The van der Waals surface area contributed by atoms with Crippen LogP contribution in [0, 0.1) is 0 Å². The molecular formula is C15H16BrNS. The van der Waals surface area contributed by atoms with Crippen molar-refractivity contribution in [3.05, 3.63) is 51.3 Å². The van der Waals surface area contributed by atoms with Crippen molar-refractivity contribution in [3.8, 4) is 10.4 Å². The molecule has 0 unspecified atom stereocenters. The van der Waals surface area contributed by atoms with Gasteiger partial charge in [-0.15, -0.1) is 11.3 Å². The van der Waals surface area contributed by atoms with Crippen LogP contribution in [0.25, 0.3) is 16.5 Å². The van der Waals surface area contributed by atoms with Gasteiger partial charge in [-0.3, -0.25) is 0 Å². The van der Waals surface area contributed by atoms with Crippen molar-refractivity contribution >= 4 is 33.3 Å². The van der Waals surface area contributed by atoms with E-state index >= 15 is 0 Å². The summed E-state index contributed by atoms with van der Waals surface area (Å²) in [6.07, 6.45) is 3.22. The quantitative estimate of drug-likeness (QED) is 0.848. The van der Waals surface area contributed by atoms with Gasteiger partial charge in [-0.1, -0.05) is 40.6 Å². The van der Waals surface area contributed by atoms with E-state index in [1.807, 2.05) is 0 Å². The first-order chi connectivity index (χ1) is 8.72. The van der Waals surface area contributed by atoms with Gasteiger partial charge in [0.1, 0.15) is 0 Å². The fraction of sp³-hybridized carbons (Fsp3) is 0.200. The van der Waals surface area contributed by atoms with Gasteiger partial charge >= 0.3 is 0 Å². The Balaban J connectivity index is 2.25. The van der Waals surface area contributed by atoms with Crippen LogP contribution in [0.5, 0.6) is 0 Å². The lowest BCUT2D eigenvalue weighted by Crippen LogP contribution is -2.01. The summed E-state index contributed by atoms with van der Waals surface area (Å²) in [6.45, 7) is 2.78. The monoisotopic (exact) mass is 321 g/mol. The summed E-state index contributed by atoms with van der Waals surface area (Å²) in [5.74, 6) is 0. The zero-order chi connectivity index (χ0) is 13.0. The van der Waals surface area contributed by atoms with Crippen molar-refractivity contribution < 1.29 is 0 Å². The fourth-order valence-corrected chi connectivity index (χ4v) is 2.98. The molecule has 0 atom stereocenters. The topological polar surface area (TPSA) is 26.0 Å². The van der Waals surface area contributed by atoms with Gasteiger partial charge in [0.2, 0.25) is 0 Å². The summed E-state index contributed by atoms with van der Waals surface area (Å²) < 4.78 is 1.11. The standard InChI is InChI=1S/C15H16BrNS/c1-2-11(10-17)9-14-7-8-15(18-14)12-3-5-13(16)6-4-12/h3-9H,2,10,17H2,1H3. The first-order valence-electron chi connectivity index (χ1n) is 5.98. The largest absolute Gasteiger partial charge is 0.327 e. The minimum absolute atomic E-state index is 0.641. The molecule has 3 heteroatoms. The highest BCUT2D eigenvalue weighted by Crippen LogP contribution is 2.30. The molecule has 0 aliphatic heterocycles. The minimum Gasteiger partial charge on any atom is -0.327 e. The van der Waals surface area contributed by atoms with Gasteiger partial charge in [0.15, 0.2) is 0 Å². The molecular weight excluding hydrogens is 306 g/mol. The average Bonchev–Trinajstić information content (AvgIpc) is 2.85. The van der Waals surface area contributed by atoms with E-state index in [1.54, 1.807) is 11.3 Å². The van der Waals surface area contributed by atoms with E-state index < -0.39 is 0 Å². The number of hydrogen-bond donors (Lipinski definition) is 1. The molecule has 1 nitrogen and oxygen atoms in total. The molecule has 0 fully saturated rings. The molecule has 1 heterocycles. The van der Waals surface area contributed by atoms with Gasteiger partial charge < -0.3 is 5.73 Å². The number of thiophene rings is 1. The Bertz CT molecular complexity index is 534. The zero-order valence-corrected chi connectivity index (χ0v) is 12.7. The minimum atomic E-state index is 0.641. The third kappa shape index (κ3) is 3.31. The molecule has 0 bridgehead atoms. The van der Waals surface area contributed by atoms with Crippen LogP contribution in [0.4, 0.5) is 0 Å². The summed E-state index contributed by atoms with van der Waals surface area (Å²) in [5.41, 5.74) is 8.25.